The number of fused-ring (bicyclic) bond motifs is 2. The third-order valence-corrected chi connectivity index (χ3v) is 4.30. The van der Waals surface area contributed by atoms with Gasteiger partial charge in [0.1, 0.15) is 5.82 Å². The number of nitrogens with zero attached hydrogens (tertiary/aromatic N) is 1. The average Bonchev–Trinajstić information content (AvgIpc) is 3.03. The molecule has 1 amide bonds. The maximum Gasteiger partial charge on any atom is 0.268 e. The summed E-state index contributed by atoms with van der Waals surface area (Å²) in [5.41, 5.74) is 0.424. The van der Waals surface area contributed by atoms with Crippen LogP contribution in [0.2, 0.25) is 0 Å². The van der Waals surface area contributed by atoms with Gasteiger partial charge in [0.2, 0.25) is 0 Å². The van der Waals surface area contributed by atoms with Crippen molar-refractivity contribution in [3.63, 3.8) is 0 Å². The number of benzene rings is 2. The highest BCUT2D eigenvalue weighted by molar-refractivity contribution is 6.10. The molecule has 1 aliphatic rings. The lowest BCUT2D eigenvalue weighted by Gasteiger charge is -2.21. The van der Waals surface area contributed by atoms with Gasteiger partial charge in [0.05, 0.1) is 5.69 Å². The number of nitrogens with one attached hydrogen (secondary N) is 1. The molecule has 0 fully saturated rings. The fourth-order valence-corrected chi connectivity index (χ4v) is 3.20. The third kappa shape index (κ3) is 1.46. The first-order valence-electron chi connectivity index (χ1n) is 6.90. The zero-order valence-electron chi connectivity index (χ0n) is 11.8. The van der Waals surface area contributed by atoms with Crippen LogP contribution in [0.5, 0.6) is 0 Å². The van der Waals surface area contributed by atoms with Crippen LogP contribution >= 0.6 is 0 Å². The highest BCUT2D eigenvalue weighted by Crippen LogP contribution is 2.45. The maximum absolute atomic E-state index is 13.3. The smallest absolute Gasteiger partial charge is 0.268 e. The van der Waals surface area contributed by atoms with Crippen molar-refractivity contribution in [3.8, 4) is 0 Å². The molecule has 2 aromatic carbocycles. The highest BCUT2D eigenvalue weighted by Gasteiger charge is 2.50. The van der Waals surface area contributed by atoms with Gasteiger partial charge in [0.15, 0.2) is 5.60 Å². The first kappa shape index (κ1) is 13.0. The highest BCUT2D eigenvalue weighted by atomic mass is 19.1. The molecule has 1 aliphatic heterocycles. The molecule has 4 rings (SSSR count). The summed E-state index contributed by atoms with van der Waals surface area (Å²) in [4.78, 5) is 17.0. The lowest BCUT2D eigenvalue weighted by Crippen LogP contribution is -2.39. The van der Waals surface area contributed by atoms with E-state index >= 15 is 0 Å². The third-order valence-electron chi connectivity index (χ3n) is 4.30. The molecular formula is C17H13FN2O2. The van der Waals surface area contributed by atoms with E-state index in [2.05, 4.69) is 4.98 Å². The van der Waals surface area contributed by atoms with Crippen LogP contribution in [0.15, 0.2) is 48.7 Å². The summed E-state index contributed by atoms with van der Waals surface area (Å²) >= 11 is 0. The van der Waals surface area contributed by atoms with Crippen LogP contribution in [0, 0.1) is 5.82 Å². The number of hydrogen-bond donors (Lipinski definition) is 2. The monoisotopic (exact) mass is 296 g/mol. The Labute approximate surface area is 125 Å². The molecule has 1 aromatic heterocycles. The molecule has 0 saturated carbocycles. The Kier molecular flexibility index (Phi) is 2.47. The quantitative estimate of drug-likeness (QED) is 0.725. The molecule has 3 aromatic rings. The van der Waals surface area contributed by atoms with Crippen molar-refractivity contribution in [1.29, 1.82) is 0 Å². The molecule has 1 unspecified atom stereocenters. The van der Waals surface area contributed by atoms with Crippen LogP contribution < -0.4 is 4.90 Å². The Bertz CT molecular complexity index is 918. The predicted octanol–water partition coefficient (Wildman–Crippen LogP) is 2.52. The molecule has 0 aliphatic carbocycles. The van der Waals surface area contributed by atoms with Crippen LogP contribution in [0.25, 0.3) is 10.9 Å². The summed E-state index contributed by atoms with van der Waals surface area (Å²) < 4.78 is 13.3. The Morgan fingerprint density at radius 2 is 1.95 bits per heavy atom. The number of amides is 1. The zero-order chi connectivity index (χ0) is 15.5. The summed E-state index contributed by atoms with van der Waals surface area (Å²) in [6.07, 6.45) is 1.57. The van der Waals surface area contributed by atoms with Gasteiger partial charge in [-0.2, -0.15) is 0 Å². The van der Waals surface area contributed by atoms with Gasteiger partial charge in [-0.15, -0.1) is 0 Å². The lowest BCUT2D eigenvalue weighted by atomic mass is 9.87. The number of likely N-dealkylation sites (N-methyl/N-ethyl adjacent to an activating group) is 1. The number of carbonyl (C=O) groups is 1. The largest absolute Gasteiger partial charge is 0.372 e. The Hall–Kier alpha value is -2.66. The van der Waals surface area contributed by atoms with Crippen molar-refractivity contribution in [2.75, 3.05) is 11.9 Å². The second-order valence-electron chi connectivity index (χ2n) is 5.48. The van der Waals surface area contributed by atoms with E-state index in [4.69, 9.17) is 0 Å². The molecule has 1 atom stereocenters. The number of para-hydroxylation sites is 1. The Balaban J connectivity index is 2.03. The van der Waals surface area contributed by atoms with Crippen LogP contribution in [0.3, 0.4) is 0 Å². The van der Waals surface area contributed by atoms with E-state index in [0.29, 0.717) is 27.7 Å². The molecule has 5 heteroatoms. The van der Waals surface area contributed by atoms with Crippen LogP contribution in [0.1, 0.15) is 11.1 Å². The van der Waals surface area contributed by atoms with Gasteiger partial charge in [-0.05, 0) is 24.3 Å². The van der Waals surface area contributed by atoms with E-state index in [1.165, 1.54) is 17.0 Å². The number of halogens is 1. The van der Waals surface area contributed by atoms with Crippen molar-refractivity contribution in [2.45, 2.75) is 5.60 Å². The molecule has 4 nitrogen and oxygen atoms in total. The summed E-state index contributed by atoms with van der Waals surface area (Å²) in [6, 6.07) is 11.4. The number of H-pyrrole nitrogens is 1. The molecule has 22 heavy (non-hydrogen) atoms. The van der Waals surface area contributed by atoms with E-state index in [-0.39, 0.29) is 5.82 Å². The van der Waals surface area contributed by atoms with E-state index in [1.807, 2.05) is 6.07 Å². The van der Waals surface area contributed by atoms with Gasteiger partial charge in [-0.3, -0.25) is 4.79 Å². The topological polar surface area (TPSA) is 56.3 Å². The van der Waals surface area contributed by atoms with Gasteiger partial charge in [-0.25, -0.2) is 4.39 Å². The van der Waals surface area contributed by atoms with Crippen LogP contribution in [-0.4, -0.2) is 23.0 Å². The second kappa shape index (κ2) is 4.18. The van der Waals surface area contributed by atoms with Crippen molar-refractivity contribution in [1.82, 2.24) is 4.98 Å². The molecule has 0 saturated heterocycles. The van der Waals surface area contributed by atoms with E-state index < -0.39 is 11.5 Å². The van der Waals surface area contributed by atoms with Gasteiger partial charge < -0.3 is 15.0 Å². The van der Waals surface area contributed by atoms with Gasteiger partial charge in [0.25, 0.3) is 5.91 Å². The fraction of sp³-hybridized carbons (Fsp3) is 0.118. The van der Waals surface area contributed by atoms with Crippen LogP contribution in [-0.2, 0) is 10.4 Å². The van der Waals surface area contributed by atoms with Crippen molar-refractivity contribution in [3.05, 3.63) is 65.6 Å². The molecule has 2 N–H and O–H groups in total. The minimum Gasteiger partial charge on any atom is -0.372 e. The lowest BCUT2D eigenvalue weighted by molar-refractivity contribution is -0.131. The minimum atomic E-state index is -1.76. The summed E-state index contributed by atoms with van der Waals surface area (Å²) in [5.74, 6) is -0.790. The maximum atomic E-state index is 13.3. The SMILES string of the molecule is CN1C(=O)C(O)(c2c[nH]c3cc(F)ccc23)c2ccccc21. The zero-order valence-corrected chi connectivity index (χ0v) is 11.8. The van der Waals surface area contributed by atoms with Crippen molar-refractivity contribution >= 4 is 22.5 Å². The van der Waals surface area contributed by atoms with Gasteiger partial charge >= 0.3 is 0 Å². The summed E-state index contributed by atoms with van der Waals surface area (Å²) in [5, 5.41) is 11.8. The summed E-state index contributed by atoms with van der Waals surface area (Å²) in [6.45, 7) is 0. The van der Waals surface area contributed by atoms with Gasteiger partial charge in [0, 0.05) is 35.3 Å². The standard InChI is InChI=1S/C17H13FN2O2/c1-20-15-5-3-2-4-12(15)17(22,16(20)21)13-9-19-14-8-10(18)6-7-11(13)14/h2-9,19,22H,1H3. The van der Waals surface area contributed by atoms with Crippen molar-refractivity contribution < 1.29 is 14.3 Å². The second-order valence-corrected chi connectivity index (χ2v) is 5.48. The molecular weight excluding hydrogens is 283 g/mol. The van der Waals surface area contributed by atoms with Crippen molar-refractivity contribution in [2.24, 2.45) is 0 Å². The molecule has 2 heterocycles. The number of rotatable bonds is 1. The normalized spacial score (nSPS) is 20.7. The molecule has 0 bridgehead atoms. The Morgan fingerprint density at radius 3 is 2.77 bits per heavy atom. The summed E-state index contributed by atoms with van der Waals surface area (Å²) in [7, 11) is 1.63. The number of hydrogen-bond acceptors (Lipinski definition) is 2. The van der Waals surface area contributed by atoms with Gasteiger partial charge in [-0.1, -0.05) is 18.2 Å². The van der Waals surface area contributed by atoms with E-state index in [1.54, 1.807) is 37.5 Å². The average molecular weight is 296 g/mol. The van der Waals surface area contributed by atoms with E-state index in [0.717, 1.165) is 0 Å². The number of aromatic nitrogens is 1. The number of carbonyl (C=O) groups excluding carboxylic acids is 1. The molecule has 0 spiro atoms. The minimum absolute atomic E-state index is 0.372. The number of anilines is 1. The first-order valence-corrected chi connectivity index (χ1v) is 6.90. The predicted molar refractivity (Wildman–Crippen MR) is 81.1 cm³/mol. The fourth-order valence-electron chi connectivity index (χ4n) is 3.20. The number of aliphatic hydroxyl groups is 1. The van der Waals surface area contributed by atoms with E-state index in [9.17, 15) is 14.3 Å². The number of aromatic amines is 1. The molecule has 0 radical (unpaired) electrons. The first-order chi connectivity index (χ1) is 10.5. The Morgan fingerprint density at radius 1 is 1.18 bits per heavy atom. The molecule has 110 valence electrons. The van der Waals surface area contributed by atoms with Crippen LogP contribution in [0.4, 0.5) is 10.1 Å².